The predicted molar refractivity (Wildman–Crippen MR) is 81.3 cm³/mol. The molecule has 0 fully saturated rings. The van der Waals surface area contributed by atoms with E-state index < -0.39 is 20.5 Å². The molecule has 9 heteroatoms. The largest absolute Gasteiger partial charge is 0.284 e. The average molecular weight is 317 g/mol. The molecular formula is C14H11N3O6. The molecule has 2 aromatic rings. The second-order valence-electron chi connectivity index (χ2n) is 4.93. The molecule has 0 bridgehead atoms. The van der Waals surface area contributed by atoms with E-state index in [9.17, 15) is 30.3 Å². The SMILES string of the molecule is Cc1cc([N+](=O)[O-])ccc1-c1c(C)cc([N+](=O)[O-])cc1[N+](=O)[O-]. The second-order valence-corrected chi connectivity index (χ2v) is 4.93. The lowest BCUT2D eigenvalue weighted by atomic mass is 9.94. The summed E-state index contributed by atoms with van der Waals surface area (Å²) >= 11 is 0. The Bertz CT molecular complexity index is 847. The maximum absolute atomic E-state index is 11.3. The Morgan fingerprint density at radius 1 is 0.739 bits per heavy atom. The topological polar surface area (TPSA) is 129 Å². The molecule has 2 rings (SSSR count). The number of nitrogens with zero attached hydrogens (tertiary/aromatic N) is 3. The van der Waals surface area contributed by atoms with Crippen molar-refractivity contribution in [2.24, 2.45) is 0 Å². The van der Waals surface area contributed by atoms with E-state index in [4.69, 9.17) is 0 Å². The van der Waals surface area contributed by atoms with Crippen LogP contribution in [0, 0.1) is 44.2 Å². The first-order valence-electron chi connectivity index (χ1n) is 6.41. The molecule has 0 heterocycles. The maximum atomic E-state index is 11.3. The zero-order valence-electron chi connectivity index (χ0n) is 12.2. The Labute approximate surface area is 129 Å². The monoisotopic (exact) mass is 317 g/mol. The molecule has 0 amide bonds. The zero-order chi connectivity index (χ0) is 17.3. The molecule has 0 aliphatic carbocycles. The molecule has 0 atom stereocenters. The first kappa shape index (κ1) is 16.0. The van der Waals surface area contributed by atoms with Crippen LogP contribution in [0.25, 0.3) is 11.1 Å². The van der Waals surface area contributed by atoms with E-state index >= 15 is 0 Å². The summed E-state index contributed by atoms with van der Waals surface area (Å²) in [5, 5.41) is 32.9. The Morgan fingerprint density at radius 2 is 1.30 bits per heavy atom. The van der Waals surface area contributed by atoms with Gasteiger partial charge in [-0.15, -0.1) is 0 Å². The summed E-state index contributed by atoms with van der Waals surface area (Å²) in [6, 6.07) is 6.09. The number of rotatable bonds is 4. The van der Waals surface area contributed by atoms with Gasteiger partial charge in [0, 0.05) is 18.2 Å². The Balaban J connectivity index is 2.75. The van der Waals surface area contributed by atoms with Gasteiger partial charge in [-0.3, -0.25) is 30.3 Å². The maximum Gasteiger partial charge on any atom is 0.284 e. The minimum absolute atomic E-state index is 0.131. The molecule has 118 valence electrons. The molecule has 0 N–H and O–H groups in total. The third-order valence-electron chi connectivity index (χ3n) is 3.40. The van der Waals surface area contributed by atoms with Gasteiger partial charge >= 0.3 is 0 Å². The molecule has 23 heavy (non-hydrogen) atoms. The minimum atomic E-state index is -0.702. The van der Waals surface area contributed by atoms with Gasteiger partial charge in [0.15, 0.2) is 0 Å². The number of hydrogen-bond donors (Lipinski definition) is 0. The Hall–Kier alpha value is -3.36. The summed E-state index contributed by atoms with van der Waals surface area (Å²) in [6.07, 6.45) is 0. The second kappa shape index (κ2) is 5.79. The van der Waals surface area contributed by atoms with Crippen LogP contribution in [0.2, 0.25) is 0 Å². The summed E-state index contributed by atoms with van der Waals surface area (Å²) in [4.78, 5) is 31.0. The fraction of sp³-hybridized carbons (Fsp3) is 0.143. The van der Waals surface area contributed by atoms with Crippen LogP contribution < -0.4 is 0 Å². The van der Waals surface area contributed by atoms with Crippen molar-refractivity contribution in [3.05, 3.63) is 71.8 Å². The molecule has 0 saturated carbocycles. The highest BCUT2D eigenvalue weighted by Crippen LogP contribution is 2.38. The van der Waals surface area contributed by atoms with Gasteiger partial charge in [-0.05, 0) is 36.6 Å². The Kier molecular flexibility index (Phi) is 4.04. The molecule has 0 saturated heterocycles. The van der Waals surface area contributed by atoms with Crippen molar-refractivity contribution >= 4 is 17.1 Å². The van der Waals surface area contributed by atoms with E-state index in [2.05, 4.69) is 0 Å². The lowest BCUT2D eigenvalue weighted by molar-refractivity contribution is -0.393. The van der Waals surface area contributed by atoms with E-state index in [0.717, 1.165) is 6.07 Å². The van der Waals surface area contributed by atoms with Crippen molar-refractivity contribution in [2.45, 2.75) is 13.8 Å². The number of hydrogen-bond acceptors (Lipinski definition) is 6. The van der Waals surface area contributed by atoms with Gasteiger partial charge in [0.05, 0.1) is 26.4 Å². The molecule has 0 aliphatic heterocycles. The number of non-ortho nitro benzene ring substituents is 2. The van der Waals surface area contributed by atoms with Crippen molar-refractivity contribution < 1.29 is 14.8 Å². The number of nitro benzene ring substituents is 3. The third-order valence-corrected chi connectivity index (χ3v) is 3.40. The number of aryl methyl sites for hydroxylation is 2. The third kappa shape index (κ3) is 2.98. The number of benzene rings is 2. The van der Waals surface area contributed by atoms with Crippen LogP contribution in [0.4, 0.5) is 17.1 Å². The van der Waals surface area contributed by atoms with E-state index in [0.29, 0.717) is 16.7 Å². The lowest BCUT2D eigenvalue weighted by Gasteiger charge is -2.10. The van der Waals surface area contributed by atoms with Crippen LogP contribution in [-0.4, -0.2) is 14.8 Å². The van der Waals surface area contributed by atoms with Crippen molar-refractivity contribution in [3.8, 4) is 11.1 Å². The van der Waals surface area contributed by atoms with Gasteiger partial charge in [0.25, 0.3) is 17.1 Å². The van der Waals surface area contributed by atoms with Crippen molar-refractivity contribution in [1.29, 1.82) is 0 Å². The quantitative estimate of drug-likeness (QED) is 0.624. The fourth-order valence-corrected chi connectivity index (χ4v) is 2.39. The molecule has 2 aromatic carbocycles. The molecular weight excluding hydrogens is 306 g/mol. The highest BCUT2D eigenvalue weighted by Gasteiger charge is 2.25. The average Bonchev–Trinajstić information content (AvgIpc) is 2.46. The first-order chi connectivity index (χ1) is 10.7. The standard InChI is InChI=1S/C14H11N3O6/c1-8-5-10(15(18)19)3-4-12(8)14-9(2)6-11(16(20)21)7-13(14)17(22)23/h3-7H,1-2H3. The van der Waals surface area contributed by atoms with E-state index in [1.165, 1.54) is 31.2 Å². The zero-order valence-corrected chi connectivity index (χ0v) is 12.2. The van der Waals surface area contributed by atoms with Crippen LogP contribution in [0.5, 0.6) is 0 Å². The summed E-state index contributed by atoms with van der Waals surface area (Å²) < 4.78 is 0. The van der Waals surface area contributed by atoms with E-state index in [-0.39, 0.29) is 16.9 Å². The molecule has 0 aromatic heterocycles. The molecule has 0 unspecified atom stereocenters. The van der Waals surface area contributed by atoms with Crippen molar-refractivity contribution in [1.82, 2.24) is 0 Å². The van der Waals surface area contributed by atoms with Gasteiger partial charge in [-0.25, -0.2) is 0 Å². The highest BCUT2D eigenvalue weighted by molar-refractivity contribution is 5.81. The van der Waals surface area contributed by atoms with Crippen LogP contribution in [-0.2, 0) is 0 Å². The molecule has 0 radical (unpaired) electrons. The summed E-state index contributed by atoms with van der Waals surface area (Å²) in [7, 11) is 0. The molecule has 9 nitrogen and oxygen atoms in total. The van der Waals surface area contributed by atoms with Crippen LogP contribution in [0.3, 0.4) is 0 Å². The molecule has 0 spiro atoms. The Morgan fingerprint density at radius 3 is 1.78 bits per heavy atom. The van der Waals surface area contributed by atoms with Crippen LogP contribution in [0.15, 0.2) is 30.3 Å². The molecule has 0 aliphatic rings. The first-order valence-corrected chi connectivity index (χ1v) is 6.41. The smallest absolute Gasteiger partial charge is 0.258 e. The summed E-state index contributed by atoms with van der Waals surface area (Å²) in [5.41, 5.74) is 0.546. The summed E-state index contributed by atoms with van der Waals surface area (Å²) in [5.74, 6) is 0. The van der Waals surface area contributed by atoms with Crippen molar-refractivity contribution in [2.75, 3.05) is 0 Å². The van der Waals surface area contributed by atoms with Crippen molar-refractivity contribution in [3.63, 3.8) is 0 Å². The predicted octanol–water partition coefficient (Wildman–Crippen LogP) is 3.70. The van der Waals surface area contributed by atoms with Crippen LogP contribution >= 0.6 is 0 Å². The van der Waals surface area contributed by atoms with E-state index in [1.807, 2.05) is 0 Å². The van der Waals surface area contributed by atoms with Gasteiger partial charge in [0.2, 0.25) is 0 Å². The number of nitro groups is 3. The lowest BCUT2D eigenvalue weighted by Crippen LogP contribution is -1.99. The normalized spacial score (nSPS) is 10.3. The van der Waals surface area contributed by atoms with E-state index in [1.54, 1.807) is 6.92 Å². The fourth-order valence-electron chi connectivity index (χ4n) is 2.39. The van der Waals surface area contributed by atoms with Gasteiger partial charge in [-0.1, -0.05) is 0 Å². The van der Waals surface area contributed by atoms with Gasteiger partial charge in [-0.2, -0.15) is 0 Å². The van der Waals surface area contributed by atoms with Crippen LogP contribution in [0.1, 0.15) is 11.1 Å². The van der Waals surface area contributed by atoms with Gasteiger partial charge < -0.3 is 0 Å². The van der Waals surface area contributed by atoms with Gasteiger partial charge in [0.1, 0.15) is 0 Å². The minimum Gasteiger partial charge on any atom is -0.258 e. The highest BCUT2D eigenvalue weighted by atomic mass is 16.6. The summed E-state index contributed by atoms with van der Waals surface area (Å²) in [6.45, 7) is 3.11.